The van der Waals surface area contributed by atoms with E-state index in [1.54, 1.807) is 11.6 Å². The van der Waals surface area contributed by atoms with E-state index in [0.29, 0.717) is 19.6 Å². The minimum atomic E-state index is 0.111. The Kier molecular flexibility index (Phi) is 5.66. The largest absolute Gasteiger partial charge is 0.395 e. The van der Waals surface area contributed by atoms with E-state index in [0.717, 1.165) is 18.5 Å². The van der Waals surface area contributed by atoms with Crippen LogP contribution in [0.4, 0.5) is 0 Å². The normalized spacial score (nSPS) is 10.6. The zero-order valence-corrected chi connectivity index (χ0v) is 9.52. The number of aryl methyl sites for hydroxylation is 1. The van der Waals surface area contributed by atoms with Crippen molar-refractivity contribution < 1.29 is 9.90 Å². The van der Waals surface area contributed by atoms with Gasteiger partial charge in [0, 0.05) is 19.2 Å². The Bertz CT molecular complexity index is 324. The summed E-state index contributed by atoms with van der Waals surface area (Å²) in [5, 5.41) is 19.5. The Balaban J connectivity index is 2.25. The van der Waals surface area contributed by atoms with Crippen molar-refractivity contribution in [2.45, 2.75) is 32.9 Å². The summed E-state index contributed by atoms with van der Waals surface area (Å²) in [7, 11) is 0. The fourth-order valence-electron chi connectivity index (χ4n) is 1.32. The van der Waals surface area contributed by atoms with E-state index in [9.17, 15) is 4.79 Å². The number of hydrogen-bond acceptors (Lipinski definition) is 5. The lowest BCUT2D eigenvalue weighted by Gasteiger charge is -2.00. The third kappa shape index (κ3) is 4.99. The molecule has 2 N–H and O–H groups in total. The summed E-state index contributed by atoms with van der Waals surface area (Å²) in [6, 6.07) is 0. The Hall–Kier alpha value is -1.27. The molecule has 0 aromatic carbocycles. The summed E-state index contributed by atoms with van der Waals surface area (Å²) in [6.07, 6.45) is 4.04. The number of aromatic nitrogens is 3. The molecule has 0 aliphatic heterocycles. The number of aliphatic hydroxyl groups is 1. The topological polar surface area (TPSA) is 80.0 Å². The molecule has 0 unspecified atom stereocenters. The van der Waals surface area contributed by atoms with Crippen LogP contribution in [0.1, 0.15) is 25.5 Å². The third-order valence-electron chi connectivity index (χ3n) is 2.11. The van der Waals surface area contributed by atoms with Gasteiger partial charge in [0.15, 0.2) is 0 Å². The molecule has 0 aliphatic carbocycles. The van der Waals surface area contributed by atoms with E-state index < -0.39 is 0 Å². The second kappa shape index (κ2) is 7.08. The first-order valence-electron chi connectivity index (χ1n) is 5.42. The second-order valence-corrected chi connectivity index (χ2v) is 3.69. The molecule has 1 heterocycles. The van der Waals surface area contributed by atoms with Gasteiger partial charge in [0.05, 0.1) is 19.0 Å². The SMILES string of the molecule is CC(=O)CCCc1cn(CNCCO)nn1. The Morgan fingerprint density at radius 1 is 1.62 bits per heavy atom. The molecule has 0 spiro atoms. The van der Waals surface area contributed by atoms with Crippen molar-refractivity contribution in [3.05, 3.63) is 11.9 Å². The molecule has 16 heavy (non-hydrogen) atoms. The first kappa shape index (κ1) is 12.8. The Labute approximate surface area is 94.7 Å². The molecule has 6 heteroatoms. The number of carbonyl (C=O) groups excluding carboxylic acids is 1. The van der Waals surface area contributed by atoms with E-state index >= 15 is 0 Å². The van der Waals surface area contributed by atoms with Crippen molar-refractivity contribution in [2.75, 3.05) is 13.2 Å². The summed E-state index contributed by atoms with van der Waals surface area (Å²) in [4.78, 5) is 10.7. The van der Waals surface area contributed by atoms with Crippen molar-refractivity contribution in [1.82, 2.24) is 20.3 Å². The first-order valence-corrected chi connectivity index (χ1v) is 5.42. The van der Waals surface area contributed by atoms with Crippen molar-refractivity contribution in [1.29, 1.82) is 0 Å². The van der Waals surface area contributed by atoms with Crippen LogP contribution in [0.5, 0.6) is 0 Å². The van der Waals surface area contributed by atoms with Gasteiger partial charge >= 0.3 is 0 Å². The maximum absolute atomic E-state index is 10.7. The fourth-order valence-corrected chi connectivity index (χ4v) is 1.32. The first-order chi connectivity index (χ1) is 7.72. The average Bonchev–Trinajstić information content (AvgIpc) is 2.66. The highest BCUT2D eigenvalue weighted by Gasteiger charge is 2.01. The zero-order chi connectivity index (χ0) is 11.8. The molecule has 1 aromatic heterocycles. The summed E-state index contributed by atoms with van der Waals surface area (Å²) in [6.45, 7) is 2.79. The van der Waals surface area contributed by atoms with Crippen molar-refractivity contribution in [2.24, 2.45) is 0 Å². The van der Waals surface area contributed by atoms with Crippen LogP contribution in [0.2, 0.25) is 0 Å². The number of carbonyl (C=O) groups is 1. The highest BCUT2D eigenvalue weighted by Crippen LogP contribution is 2.01. The molecule has 0 bridgehead atoms. The lowest BCUT2D eigenvalue weighted by Crippen LogP contribution is -2.22. The molecular formula is C10H18N4O2. The van der Waals surface area contributed by atoms with Crippen LogP contribution in [0, 0.1) is 0 Å². The molecule has 0 atom stereocenters. The van der Waals surface area contributed by atoms with Gasteiger partial charge in [0.2, 0.25) is 0 Å². The molecule has 0 radical (unpaired) electrons. The zero-order valence-electron chi connectivity index (χ0n) is 9.52. The predicted molar refractivity (Wildman–Crippen MR) is 58.7 cm³/mol. The van der Waals surface area contributed by atoms with Crippen molar-refractivity contribution in [3.63, 3.8) is 0 Å². The van der Waals surface area contributed by atoms with Gasteiger partial charge < -0.3 is 9.90 Å². The minimum absolute atomic E-state index is 0.111. The Morgan fingerprint density at radius 2 is 2.44 bits per heavy atom. The number of Topliss-reactive ketones (excluding diaryl/α,β-unsaturated/α-hetero) is 1. The molecule has 0 fully saturated rings. The number of nitrogens with zero attached hydrogens (tertiary/aromatic N) is 3. The van der Waals surface area contributed by atoms with Crippen molar-refractivity contribution in [3.8, 4) is 0 Å². The maximum atomic E-state index is 10.7. The highest BCUT2D eigenvalue weighted by atomic mass is 16.3. The second-order valence-electron chi connectivity index (χ2n) is 3.69. The lowest BCUT2D eigenvalue weighted by atomic mass is 10.1. The van der Waals surface area contributed by atoms with Crippen LogP contribution < -0.4 is 5.32 Å². The monoisotopic (exact) mass is 226 g/mol. The molecule has 0 aliphatic rings. The van der Waals surface area contributed by atoms with Crippen LogP contribution in [0.25, 0.3) is 0 Å². The quantitative estimate of drug-likeness (QED) is 0.596. The number of ketones is 1. The standard InChI is InChI=1S/C10H18N4O2/c1-9(16)3-2-4-10-7-14(13-12-10)8-11-5-6-15/h7,11,15H,2-6,8H2,1H3. The van der Waals surface area contributed by atoms with E-state index in [2.05, 4.69) is 15.6 Å². The molecule has 1 aromatic rings. The smallest absolute Gasteiger partial charge is 0.129 e. The van der Waals surface area contributed by atoms with E-state index in [4.69, 9.17) is 5.11 Å². The molecular weight excluding hydrogens is 208 g/mol. The van der Waals surface area contributed by atoms with Gasteiger partial charge in [-0.25, -0.2) is 4.68 Å². The van der Waals surface area contributed by atoms with E-state index in [1.807, 2.05) is 6.20 Å². The van der Waals surface area contributed by atoms with E-state index in [1.165, 1.54) is 0 Å². The number of rotatable bonds is 8. The summed E-state index contributed by atoms with van der Waals surface area (Å²) in [5.74, 6) is 0.206. The predicted octanol–water partition coefficient (Wildman–Crippen LogP) is -0.271. The highest BCUT2D eigenvalue weighted by molar-refractivity contribution is 5.75. The number of hydrogen-bond donors (Lipinski definition) is 2. The van der Waals surface area contributed by atoms with Crippen molar-refractivity contribution >= 4 is 5.78 Å². The van der Waals surface area contributed by atoms with Crippen LogP contribution in [0.15, 0.2) is 6.20 Å². The van der Waals surface area contributed by atoms with Gasteiger partial charge in [0.1, 0.15) is 5.78 Å². The lowest BCUT2D eigenvalue weighted by molar-refractivity contribution is -0.117. The van der Waals surface area contributed by atoms with E-state index in [-0.39, 0.29) is 12.4 Å². The van der Waals surface area contributed by atoms with Crippen LogP contribution in [-0.2, 0) is 17.9 Å². The number of aliphatic hydroxyl groups excluding tert-OH is 1. The van der Waals surface area contributed by atoms with Gasteiger partial charge in [-0.15, -0.1) is 5.10 Å². The third-order valence-corrected chi connectivity index (χ3v) is 2.11. The van der Waals surface area contributed by atoms with Crippen LogP contribution >= 0.6 is 0 Å². The van der Waals surface area contributed by atoms with Gasteiger partial charge in [-0.05, 0) is 19.8 Å². The van der Waals surface area contributed by atoms with Crippen LogP contribution in [0.3, 0.4) is 0 Å². The summed E-state index contributed by atoms with van der Waals surface area (Å²) < 4.78 is 1.68. The average molecular weight is 226 g/mol. The summed E-state index contributed by atoms with van der Waals surface area (Å²) in [5.41, 5.74) is 0.895. The maximum Gasteiger partial charge on any atom is 0.129 e. The molecule has 0 saturated heterocycles. The molecule has 6 nitrogen and oxygen atoms in total. The minimum Gasteiger partial charge on any atom is -0.395 e. The fraction of sp³-hybridized carbons (Fsp3) is 0.700. The Morgan fingerprint density at radius 3 is 3.12 bits per heavy atom. The number of nitrogens with one attached hydrogen (secondary N) is 1. The molecule has 1 rings (SSSR count). The molecule has 0 amide bonds. The molecule has 0 saturated carbocycles. The van der Waals surface area contributed by atoms with Gasteiger partial charge in [0.25, 0.3) is 0 Å². The summed E-state index contributed by atoms with van der Waals surface area (Å²) >= 11 is 0. The van der Waals surface area contributed by atoms with Crippen LogP contribution in [-0.4, -0.2) is 39.0 Å². The van der Waals surface area contributed by atoms with Gasteiger partial charge in [-0.1, -0.05) is 5.21 Å². The van der Waals surface area contributed by atoms with Gasteiger partial charge in [-0.2, -0.15) is 0 Å². The molecule has 90 valence electrons. The van der Waals surface area contributed by atoms with Gasteiger partial charge in [-0.3, -0.25) is 5.32 Å².